The van der Waals surface area contributed by atoms with E-state index >= 15 is 0 Å². The number of carbonyl (C=O) groups excluding carboxylic acids is 1. The molecule has 0 saturated heterocycles. The molecule has 1 amide bonds. The molecule has 0 aliphatic carbocycles. The minimum Gasteiger partial charge on any atom is -0.267 e. The van der Waals surface area contributed by atoms with Crippen LogP contribution in [0.3, 0.4) is 0 Å². The van der Waals surface area contributed by atoms with Gasteiger partial charge >= 0.3 is 0 Å². The van der Waals surface area contributed by atoms with Crippen molar-refractivity contribution >= 4 is 39.4 Å². The van der Waals surface area contributed by atoms with E-state index in [9.17, 15) is 13.2 Å². The maximum Gasteiger partial charge on any atom is 0.271 e. The lowest BCUT2D eigenvalue weighted by Gasteiger charge is -2.23. The SMILES string of the molecule is Cc1ccc(N(Cc2ccc(C(=O)N/N=C/c3cccc(Cl)c3)cc2)S(C)(=O)=O)cc1C. The Labute approximate surface area is 193 Å². The number of rotatable bonds is 7. The predicted molar refractivity (Wildman–Crippen MR) is 130 cm³/mol. The monoisotopic (exact) mass is 469 g/mol. The zero-order valence-electron chi connectivity index (χ0n) is 18.0. The van der Waals surface area contributed by atoms with E-state index in [-0.39, 0.29) is 12.5 Å². The molecular weight excluding hydrogens is 446 g/mol. The molecule has 0 unspecified atom stereocenters. The molecule has 0 atom stereocenters. The van der Waals surface area contributed by atoms with E-state index in [0.29, 0.717) is 16.3 Å². The molecule has 0 aliphatic rings. The third-order valence-corrected chi connectivity index (χ3v) is 6.33. The van der Waals surface area contributed by atoms with E-state index in [0.717, 1.165) is 22.3 Å². The number of nitrogens with zero attached hydrogens (tertiary/aromatic N) is 2. The second kappa shape index (κ2) is 9.97. The van der Waals surface area contributed by atoms with Crippen molar-refractivity contribution in [2.24, 2.45) is 5.10 Å². The lowest BCUT2D eigenvalue weighted by molar-refractivity contribution is 0.0955. The van der Waals surface area contributed by atoms with Crippen LogP contribution in [0.5, 0.6) is 0 Å². The summed E-state index contributed by atoms with van der Waals surface area (Å²) >= 11 is 5.92. The van der Waals surface area contributed by atoms with Gasteiger partial charge in [-0.2, -0.15) is 5.10 Å². The summed E-state index contributed by atoms with van der Waals surface area (Å²) in [5, 5.41) is 4.53. The second-order valence-electron chi connectivity index (χ2n) is 7.49. The molecule has 0 radical (unpaired) electrons. The fourth-order valence-electron chi connectivity index (χ4n) is 3.02. The number of halogens is 1. The van der Waals surface area contributed by atoms with Crippen LogP contribution in [0.4, 0.5) is 5.69 Å². The van der Waals surface area contributed by atoms with E-state index in [1.807, 2.05) is 32.0 Å². The third-order valence-electron chi connectivity index (χ3n) is 4.95. The van der Waals surface area contributed by atoms with Crippen molar-refractivity contribution in [2.45, 2.75) is 20.4 Å². The lowest BCUT2D eigenvalue weighted by Crippen LogP contribution is -2.29. The zero-order chi connectivity index (χ0) is 23.3. The van der Waals surface area contributed by atoms with E-state index in [1.165, 1.54) is 16.8 Å². The number of hydrogen-bond donors (Lipinski definition) is 1. The Bertz CT molecular complexity index is 1260. The number of amides is 1. The average Bonchev–Trinajstić information content (AvgIpc) is 2.74. The van der Waals surface area contributed by atoms with Crippen molar-refractivity contribution < 1.29 is 13.2 Å². The van der Waals surface area contributed by atoms with Gasteiger partial charge in [-0.05, 0) is 72.5 Å². The number of hydrogen-bond acceptors (Lipinski definition) is 4. The van der Waals surface area contributed by atoms with Gasteiger partial charge in [0.05, 0.1) is 24.7 Å². The number of aryl methyl sites for hydroxylation is 2. The van der Waals surface area contributed by atoms with Crippen molar-refractivity contribution in [3.8, 4) is 0 Å². The highest BCUT2D eigenvalue weighted by molar-refractivity contribution is 7.92. The van der Waals surface area contributed by atoms with E-state index in [2.05, 4.69) is 10.5 Å². The molecular formula is C24H24ClN3O3S. The van der Waals surface area contributed by atoms with Gasteiger partial charge in [0, 0.05) is 10.6 Å². The summed E-state index contributed by atoms with van der Waals surface area (Å²) in [5.41, 5.74) is 7.12. The van der Waals surface area contributed by atoms with Crippen LogP contribution in [-0.4, -0.2) is 26.8 Å². The van der Waals surface area contributed by atoms with Gasteiger partial charge in [0.2, 0.25) is 10.0 Å². The van der Waals surface area contributed by atoms with E-state index in [1.54, 1.807) is 48.5 Å². The zero-order valence-corrected chi connectivity index (χ0v) is 19.6. The van der Waals surface area contributed by atoms with Crippen LogP contribution < -0.4 is 9.73 Å². The van der Waals surface area contributed by atoms with Gasteiger partial charge in [-0.15, -0.1) is 0 Å². The maximum absolute atomic E-state index is 12.4. The van der Waals surface area contributed by atoms with Crippen LogP contribution >= 0.6 is 11.6 Å². The number of carbonyl (C=O) groups is 1. The Morgan fingerprint density at radius 1 is 1.03 bits per heavy atom. The summed E-state index contributed by atoms with van der Waals surface area (Å²) in [6.07, 6.45) is 2.69. The van der Waals surface area contributed by atoms with Crippen LogP contribution in [0, 0.1) is 13.8 Å². The molecule has 32 heavy (non-hydrogen) atoms. The minimum atomic E-state index is -3.49. The number of hydrazone groups is 1. The molecule has 1 N–H and O–H groups in total. The highest BCUT2D eigenvalue weighted by Crippen LogP contribution is 2.23. The Hall–Kier alpha value is -3.16. The van der Waals surface area contributed by atoms with Gasteiger partial charge < -0.3 is 0 Å². The van der Waals surface area contributed by atoms with Crippen LogP contribution in [-0.2, 0) is 16.6 Å². The number of benzene rings is 3. The molecule has 0 saturated carbocycles. The summed E-state index contributed by atoms with van der Waals surface area (Å²) in [5.74, 6) is -0.371. The first-order valence-corrected chi connectivity index (χ1v) is 12.1. The lowest BCUT2D eigenvalue weighted by atomic mass is 10.1. The summed E-state index contributed by atoms with van der Waals surface area (Å²) in [6.45, 7) is 4.09. The van der Waals surface area contributed by atoms with Gasteiger partial charge in [-0.1, -0.05) is 41.9 Å². The maximum atomic E-state index is 12.4. The Morgan fingerprint density at radius 3 is 2.38 bits per heavy atom. The first-order valence-electron chi connectivity index (χ1n) is 9.86. The molecule has 3 aromatic rings. The minimum absolute atomic E-state index is 0.163. The van der Waals surface area contributed by atoms with Crippen LogP contribution in [0.15, 0.2) is 71.8 Å². The van der Waals surface area contributed by atoms with Gasteiger partial charge in [-0.25, -0.2) is 13.8 Å². The van der Waals surface area contributed by atoms with E-state index in [4.69, 9.17) is 11.6 Å². The van der Waals surface area contributed by atoms with Crippen LogP contribution in [0.1, 0.15) is 32.6 Å². The highest BCUT2D eigenvalue weighted by Gasteiger charge is 2.18. The first kappa shape index (κ1) is 23.5. The van der Waals surface area contributed by atoms with E-state index < -0.39 is 10.0 Å². The fraction of sp³-hybridized carbons (Fsp3) is 0.167. The Kier molecular flexibility index (Phi) is 7.33. The molecule has 0 spiro atoms. The molecule has 0 bridgehead atoms. The standard InChI is InChI=1S/C24H24ClN3O3S/c1-17-7-12-23(13-18(17)2)28(32(3,30)31)16-19-8-10-21(11-9-19)24(29)27-26-15-20-5-4-6-22(25)14-20/h4-15H,16H2,1-3H3,(H,27,29)/b26-15+. The van der Waals surface area contributed by atoms with Crippen molar-refractivity contribution in [2.75, 3.05) is 10.6 Å². The summed E-state index contributed by atoms with van der Waals surface area (Å²) in [6, 6.07) is 19.4. The second-order valence-corrected chi connectivity index (χ2v) is 9.83. The average molecular weight is 470 g/mol. The first-order chi connectivity index (χ1) is 15.1. The van der Waals surface area contributed by atoms with Gasteiger partial charge in [0.25, 0.3) is 5.91 Å². The van der Waals surface area contributed by atoms with Crippen LogP contribution in [0.2, 0.25) is 5.02 Å². The molecule has 0 fully saturated rings. The summed E-state index contributed by atoms with van der Waals surface area (Å²) < 4.78 is 26.2. The molecule has 3 rings (SSSR count). The topological polar surface area (TPSA) is 78.8 Å². The van der Waals surface area contributed by atoms with Crippen molar-refractivity contribution in [1.29, 1.82) is 0 Å². The van der Waals surface area contributed by atoms with Gasteiger partial charge in [-0.3, -0.25) is 9.10 Å². The molecule has 8 heteroatoms. The molecule has 166 valence electrons. The highest BCUT2D eigenvalue weighted by atomic mass is 35.5. The molecule has 0 aromatic heterocycles. The molecule has 6 nitrogen and oxygen atoms in total. The number of anilines is 1. The van der Waals surface area contributed by atoms with Crippen molar-refractivity contribution in [1.82, 2.24) is 5.43 Å². The smallest absolute Gasteiger partial charge is 0.267 e. The Morgan fingerprint density at radius 2 is 1.75 bits per heavy atom. The third kappa shape index (κ3) is 6.18. The number of nitrogens with one attached hydrogen (secondary N) is 1. The van der Waals surface area contributed by atoms with Crippen molar-refractivity contribution in [3.05, 3.63) is 99.6 Å². The van der Waals surface area contributed by atoms with Crippen LogP contribution in [0.25, 0.3) is 0 Å². The largest absolute Gasteiger partial charge is 0.271 e. The van der Waals surface area contributed by atoms with Crippen molar-refractivity contribution in [3.63, 3.8) is 0 Å². The number of sulfonamides is 1. The van der Waals surface area contributed by atoms with Gasteiger partial charge in [0.1, 0.15) is 0 Å². The molecule has 0 heterocycles. The summed E-state index contributed by atoms with van der Waals surface area (Å²) in [4.78, 5) is 12.3. The normalized spacial score (nSPS) is 11.5. The fourth-order valence-corrected chi connectivity index (χ4v) is 4.10. The Balaban J connectivity index is 1.70. The predicted octanol–water partition coefficient (Wildman–Crippen LogP) is 4.69. The quantitative estimate of drug-likeness (QED) is 0.403. The molecule has 3 aromatic carbocycles. The summed E-state index contributed by atoms with van der Waals surface area (Å²) in [7, 11) is -3.49. The van der Waals surface area contributed by atoms with Gasteiger partial charge in [0.15, 0.2) is 0 Å². The molecule has 0 aliphatic heterocycles.